The average Bonchev–Trinajstić information content (AvgIpc) is 2.05. The van der Waals surface area contributed by atoms with Gasteiger partial charge in [0.25, 0.3) is 0 Å². The Morgan fingerprint density at radius 1 is 1.42 bits per heavy atom. The van der Waals surface area contributed by atoms with E-state index in [2.05, 4.69) is 13.8 Å². The highest BCUT2D eigenvalue weighted by Crippen LogP contribution is 2.35. The number of aldehydes is 1. The lowest BCUT2D eigenvalue weighted by Crippen LogP contribution is -2.23. The van der Waals surface area contributed by atoms with Crippen LogP contribution in [0, 0.1) is 17.8 Å². The molecule has 0 aromatic rings. The summed E-state index contributed by atoms with van der Waals surface area (Å²) in [6.45, 7) is 4.56. The highest BCUT2D eigenvalue weighted by atomic mass is 16.1. The Morgan fingerprint density at radius 3 is 2.67 bits per heavy atom. The standard InChI is InChI=1S/C11H20O/c1-9-5-3-4-6-11(9)10(2)7-8-12/h8-11H,3-7H2,1-2H3. The largest absolute Gasteiger partial charge is 0.303 e. The molecule has 70 valence electrons. The second kappa shape index (κ2) is 4.64. The zero-order chi connectivity index (χ0) is 8.97. The zero-order valence-corrected chi connectivity index (χ0v) is 8.25. The third kappa shape index (κ3) is 2.33. The SMILES string of the molecule is CC(CC=O)C1CCCCC1C. The average molecular weight is 168 g/mol. The van der Waals surface area contributed by atoms with Gasteiger partial charge in [-0.15, -0.1) is 0 Å². The van der Waals surface area contributed by atoms with E-state index >= 15 is 0 Å². The smallest absolute Gasteiger partial charge is 0.120 e. The molecular formula is C11H20O. The van der Waals surface area contributed by atoms with Crippen molar-refractivity contribution in [3.8, 4) is 0 Å². The van der Waals surface area contributed by atoms with Crippen LogP contribution in [0.3, 0.4) is 0 Å². The van der Waals surface area contributed by atoms with Gasteiger partial charge in [-0.25, -0.2) is 0 Å². The fourth-order valence-corrected chi connectivity index (χ4v) is 2.52. The van der Waals surface area contributed by atoms with Gasteiger partial charge in [0.05, 0.1) is 0 Å². The molecule has 0 saturated heterocycles. The molecule has 0 bridgehead atoms. The monoisotopic (exact) mass is 168 g/mol. The number of carbonyl (C=O) groups is 1. The second-order valence-corrected chi connectivity index (χ2v) is 4.31. The molecule has 1 aliphatic rings. The van der Waals surface area contributed by atoms with E-state index < -0.39 is 0 Å². The van der Waals surface area contributed by atoms with Crippen LogP contribution < -0.4 is 0 Å². The number of rotatable bonds is 3. The quantitative estimate of drug-likeness (QED) is 0.592. The van der Waals surface area contributed by atoms with Gasteiger partial charge in [0, 0.05) is 6.42 Å². The molecule has 0 amide bonds. The number of hydrogen-bond acceptors (Lipinski definition) is 1. The van der Waals surface area contributed by atoms with Crippen molar-refractivity contribution >= 4 is 6.29 Å². The minimum atomic E-state index is 0.609. The summed E-state index contributed by atoms with van der Waals surface area (Å²) in [4.78, 5) is 10.4. The van der Waals surface area contributed by atoms with E-state index in [0.29, 0.717) is 5.92 Å². The summed E-state index contributed by atoms with van der Waals surface area (Å²) in [5.41, 5.74) is 0. The van der Waals surface area contributed by atoms with Gasteiger partial charge in [-0.2, -0.15) is 0 Å². The van der Waals surface area contributed by atoms with Crippen LogP contribution in [0.2, 0.25) is 0 Å². The van der Waals surface area contributed by atoms with Crippen LogP contribution >= 0.6 is 0 Å². The summed E-state index contributed by atoms with van der Waals surface area (Å²) in [6, 6.07) is 0. The third-order valence-electron chi connectivity index (χ3n) is 3.38. The molecule has 1 aliphatic carbocycles. The fourth-order valence-electron chi connectivity index (χ4n) is 2.52. The minimum absolute atomic E-state index is 0.609. The molecule has 0 heterocycles. The zero-order valence-electron chi connectivity index (χ0n) is 8.25. The molecule has 1 fully saturated rings. The lowest BCUT2D eigenvalue weighted by molar-refractivity contribution is -0.109. The van der Waals surface area contributed by atoms with Crippen molar-refractivity contribution in [2.24, 2.45) is 17.8 Å². The maximum atomic E-state index is 10.4. The summed E-state index contributed by atoms with van der Waals surface area (Å²) < 4.78 is 0. The molecule has 1 rings (SSSR count). The first kappa shape index (κ1) is 9.76. The molecule has 0 aromatic heterocycles. The number of carbonyl (C=O) groups excluding carboxylic acids is 1. The molecule has 0 spiro atoms. The number of hydrogen-bond donors (Lipinski definition) is 0. The topological polar surface area (TPSA) is 17.1 Å². The van der Waals surface area contributed by atoms with Crippen LogP contribution in [-0.4, -0.2) is 6.29 Å². The van der Waals surface area contributed by atoms with E-state index in [1.54, 1.807) is 0 Å². The van der Waals surface area contributed by atoms with Gasteiger partial charge in [-0.3, -0.25) is 0 Å². The molecule has 12 heavy (non-hydrogen) atoms. The molecule has 1 saturated carbocycles. The van der Waals surface area contributed by atoms with Gasteiger partial charge < -0.3 is 4.79 Å². The van der Waals surface area contributed by atoms with Gasteiger partial charge >= 0.3 is 0 Å². The highest BCUT2D eigenvalue weighted by Gasteiger charge is 2.25. The Bertz CT molecular complexity index is 142. The van der Waals surface area contributed by atoms with E-state index in [4.69, 9.17) is 0 Å². The summed E-state index contributed by atoms with van der Waals surface area (Å²) in [6.07, 6.45) is 7.31. The molecule has 0 N–H and O–H groups in total. The first-order valence-corrected chi connectivity index (χ1v) is 5.19. The maximum absolute atomic E-state index is 10.4. The van der Waals surface area contributed by atoms with Gasteiger partial charge in [-0.05, 0) is 24.2 Å². The van der Waals surface area contributed by atoms with Crippen LogP contribution in [0.15, 0.2) is 0 Å². The fraction of sp³-hybridized carbons (Fsp3) is 0.909. The van der Waals surface area contributed by atoms with Crippen molar-refractivity contribution < 1.29 is 4.79 Å². The molecular weight excluding hydrogens is 148 g/mol. The van der Waals surface area contributed by atoms with E-state index in [0.717, 1.165) is 24.5 Å². The van der Waals surface area contributed by atoms with Crippen LogP contribution in [0.25, 0.3) is 0 Å². The van der Waals surface area contributed by atoms with Gasteiger partial charge in [-0.1, -0.05) is 33.1 Å². The Kier molecular flexibility index (Phi) is 3.77. The van der Waals surface area contributed by atoms with E-state index in [1.807, 2.05) is 0 Å². The summed E-state index contributed by atoms with van der Waals surface area (Å²) in [5, 5.41) is 0. The molecule has 0 aliphatic heterocycles. The third-order valence-corrected chi connectivity index (χ3v) is 3.38. The Hall–Kier alpha value is -0.330. The molecule has 1 heteroatoms. The minimum Gasteiger partial charge on any atom is -0.303 e. The van der Waals surface area contributed by atoms with E-state index in [-0.39, 0.29) is 0 Å². The van der Waals surface area contributed by atoms with Crippen LogP contribution in [-0.2, 0) is 4.79 Å². The second-order valence-electron chi connectivity index (χ2n) is 4.31. The predicted molar refractivity (Wildman–Crippen MR) is 51.0 cm³/mol. The van der Waals surface area contributed by atoms with Crippen molar-refractivity contribution in [1.82, 2.24) is 0 Å². The summed E-state index contributed by atoms with van der Waals surface area (Å²) in [5.74, 6) is 2.26. The summed E-state index contributed by atoms with van der Waals surface area (Å²) in [7, 11) is 0. The lowest BCUT2D eigenvalue weighted by Gasteiger charge is -2.32. The molecule has 3 unspecified atom stereocenters. The van der Waals surface area contributed by atoms with Crippen molar-refractivity contribution in [2.45, 2.75) is 46.0 Å². The van der Waals surface area contributed by atoms with Gasteiger partial charge in [0.2, 0.25) is 0 Å². The maximum Gasteiger partial charge on any atom is 0.120 e. The van der Waals surface area contributed by atoms with Crippen LogP contribution in [0.4, 0.5) is 0 Å². The lowest BCUT2D eigenvalue weighted by atomic mass is 9.73. The van der Waals surface area contributed by atoms with Crippen molar-refractivity contribution in [1.29, 1.82) is 0 Å². The first-order chi connectivity index (χ1) is 5.75. The Labute approximate surface area is 75.5 Å². The van der Waals surface area contributed by atoms with Crippen molar-refractivity contribution in [3.05, 3.63) is 0 Å². The Morgan fingerprint density at radius 2 is 2.08 bits per heavy atom. The molecule has 1 nitrogen and oxygen atoms in total. The normalized spacial score (nSPS) is 32.8. The van der Waals surface area contributed by atoms with Crippen molar-refractivity contribution in [3.63, 3.8) is 0 Å². The predicted octanol–water partition coefficient (Wildman–Crippen LogP) is 3.04. The van der Waals surface area contributed by atoms with Crippen LogP contribution in [0.5, 0.6) is 0 Å². The molecule has 3 atom stereocenters. The van der Waals surface area contributed by atoms with E-state index in [1.165, 1.54) is 25.7 Å². The Balaban J connectivity index is 2.41. The van der Waals surface area contributed by atoms with Crippen molar-refractivity contribution in [2.75, 3.05) is 0 Å². The molecule has 0 aromatic carbocycles. The molecule has 0 radical (unpaired) electrons. The van der Waals surface area contributed by atoms with Gasteiger partial charge in [0.1, 0.15) is 6.29 Å². The summed E-state index contributed by atoms with van der Waals surface area (Å²) >= 11 is 0. The first-order valence-electron chi connectivity index (χ1n) is 5.19. The highest BCUT2D eigenvalue weighted by molar-refractivity contribution is 5.49. The van der Waals surface area contributed by atoms with Crippen LogP contribution in [0.1, 0.15) is 46.0 Å². The van der Waals surface area contributed by atoms with E-state index in [9.17, 15) is 4.79 Å². The van der Waals surface area contributed by atoms with Gasteiger partial charge in [0.15, 0.2) is 0 Å².